The van der Waals surface area contributed by atoms with Crippen molar-refractivity contribution >= 4 is 17.4 Å². The third kappa shape index (κ3) is 4.09. The minimum absolute atomic E-state index is 0.0793. The first-order valence-corrected chi connectivity index (χ1v) is 7.89. The number of hydrogen-bond acceptors (Lipinski definition) is 5. The van der Waals surface area contributed by atoms with Crippen molar-refractivity contribution in [3.8, 4) is 0 Å². The first-order chi connectivity index (χ1) is 11.9. The predicted octanol–water partition coefficient (Wildman–Crippen LogP) is 3.69. The van der Waals surface area contributed by atoms with Crippen LogP contribution in [-0.2, 0) is 14.9 Å². The molecule has 1 unspecified atom stereocenters. The number of ketones is 1. The summed E-state index contributed by atoms with van der Waals surface area (Å²) < 4.78 is 5.15. The van der Waals surface area contributed by atoms with E-state index < -0.39 is 16.3 Å². The quantitative estimate of drug-likeness (QED) is 0.332. The van der Waals surface area contributed by atoms with Crippen molar-refractivity contribution in [3.05, 3.63) is 75.8 Å². The second-order valence-electron chi connectivity index (χ2n) is 5.82. The monoisotopic (exact) mass is 341 g/mol. The normalized spacial score (nSPS) is 12.9. The van der Waals surface area contributed by atoms with Crippen LogP contribution >= 0.6 is 0 Å². The number of esters is 1. The van der Waals surface area contributed by atoms with E-state index in [1.54, 1.807) is 44.2 Å². The highest BCUT2D eigenvalue weighted by molar-refractivity contribution is 6.00. The van der Waals surface area contributed by atoms with Crippen LogP contribution < -0.4 is 0 Å². The van der Waals surface area contributed by atoms with Gasteiger partial charge in [-0.05, 0) is 19.4 Å². The van der Waals surface area contributed by atoms with Crippen molar-refractivity contribution in [3.63, 3.8) is 0 Å². The van der Waals surface area contributed by atoms with Crippen LogP contribution in [0.25, 0.3) is 0 Å². The maximum atomic E-state index is 12.6. The first-order valence-electron chi connectivity index (χ1n) is 7.89. The Hall–Kier alpha value is -3.02. The molecule has 2 aromatic rings. The van der Waals surface area contributed by atoms with E-state index in [0.29, 0.717) is 11.1 Å². The van der Waals surface area contributed by atoms with Crippen LogP contribution in [0.4, 0.5) is 5.69 Å². The summed E-state index contributed by atoms with van der Waals surface area (Å²) >= 11 is 0. The summed E-state index contributed by atoms with van der Waals surface area (Å²) in [5, 5.41) is 10.8. The van der Waals surface area contributed by atoms with E-state index >= 15 is 0 Å². The Morgan fingerprint density at radius 1 is 1.08 bits per heavy atom. The Balaban J connectivity index is 2.38. The Bertz CT molecular complexity index is 770. The fourth-order valence-electron chi connectivity index (χ4n) is 2.58. The number of Topliss-reactive ketones (excluding diaryl/α,β-unsaturated/α-hetero) is 1. The molecule has 130 valence electrons. The number of ether oxygens (including phenoxy) is 1. The molecule has 0 aliphatic heterocycles. The molecule has 0 radical (unpaired) electrons. The van der Waals surface area contributed by atoms with E-state index in [4.69, 9.17) is 4.74 Å². The van der Waals surface area contributed by atoms with Gasteiger partial charge in [-0.25, -0.2) is 0 Å². The summed E-state index contributed by atoms with van der Waals surface area (Å²) in [6, 6.07) is 14.3. The third-order valence-electron chi connectivity index (χ3n) is 4.05. The van der Waals surface area contributed by atoms with Crippen molar-refractivity contribution in [2.45, 2.75) is 25.7 Å². The van der Waals surface area contributed by atoms with Crippen LogP contribution in [0.5, 0.6) is 0 Å². The Morgan fingerprint density at radius 3 is 2.20 bits per heavy atom. The third-order valence-corrected chi connectivity index (χ3v) is 4.05. The number of carbonyl (C=O) groups is 2. The number of hydrogen-bond donors (Lipinski definition) is 0. The lowest BCUT2D eigenvalue weighted by atomic mass is 9.77. The second kappa shape index (κ2) is 7.70. The lowest BCUT2D eigenvalue weighted by molar-refractivity contribution is -0.384. The highest BCUT2D eigenvalue weighted by atomic mass is 16.6. The van der Waals surface area contributed by atoms with E-state index in [9.17, 15) is 19.7 Å². The van der Waals surface area contributed by atoms with Crippen LogP contribution in [-0.4, -0.2) is 23.3 Å². The predicted molar refractivity (Wildman–Crippen MR) is 92.5 cm³/mol. The molecule has 0 aliphatic rings. The average Bonchev–Trinajstić information content (AvgIpc) is 2.62. The van der Waals surface area contributed by atoms with Crippen LogP contribution in [0.1, 0.15) is 36.2 Å². The van der Waals surface area contributed by atoms with Crippen LogP contribution in [0, 0.1) is 10.1 Å². The molecule has 0 heterocycles. The van der Waals surface area contributed by atoms with Gasteiger partial charge >= 0.3 is 5.97 Å². The Labute approximate surface area is 145 Å². The van der Waals surface area contributed by atoms with Crippen molar-refractivity contribution in [2.75, 3.05) is 6.61 Å². The van der Waals surface area contributed by atoms with Crippen molar-refractivity contribution in [1.82, 2.24) is 0 Å². The zero-order valence-electron chi connectivity index (χ0n) is 14.1. The number of nitrogens with zero attached hydrogens (tertiary/aromatic N) is 1. The number of benzene rings is 2. The molecule has 2 rings (SSSR count). The van der Waals surface area contributed by atoms with Crippen molar-refractivity contribution in [1.29, 1.82) is 0 Å². The topological polar surface area (TPSA) is 86.5 Å². The number of nitro groups is 1. The first kappa shape index (κ1) is 18.3. The zero-order chi connectivity index (χ0) is 18.4. The number of non-ortho nitro benzene ring substituents is 1. The summed E-state index contributed by atoms with van der Waals surface area (Å²) in [6.07, 6.45) is -0.0896. The largest absolute Gasteiger partial charge is 0.465 e. The fourth-order valence-corrected chi connectivity index (χ4v) is 2.58. The summed E-state index contributed by atoms with van der Waals surface area (Å²) in [6.45, 7) is 3.49. The summed E-state index contributed by atoms with van der Waals surface area (Å²) in [5.74, 6) is -0.734. The highest BCUT2D eigenvalue weighted by Crippen LogP contribution is 2.32. The molecule has 0 bridgehead atoms. The molecule has 25 heavy (non-hydrogen) atoms. The van der Waals surface area contributed by atoms with Crippen LogP contribution in [0.3, 0.4) is 0 Å². The lowest BCUT2D eigenvalue weighted by Gasteiger charge is -2.27. The van der Waals surface area contributed by atoms with E-state index in [-0.39, 0.29) is 24.5 Å². The van der Waals surface area contributed by atoms with E-state index in [1.165, 1.54) is 24.3 Å². The van der Waals surface area contributed by atoms with Crippen LogP contribution in [0.15, 0.2) is 54.6 Å². The maximum absolute atomic E-state index is 12.6. The second-order valence-corrected chi connectivity index (χ2v) is 5.82. The molecular formula is C19H19NO5. The molecule has 2 aromatic carbocycles. The molecule has 0 spiro atoms. The summed E-state index contributed by atoms with van der Waals surface area (Å²) in [7, 11) is 0. The molecule has 1 atom stereocenters. The van der Waals surface area contributed by atoms with Crippen LogP contribution in [0.2, 0.25) is 0 Å². The Kier molecular flexibility index (Phi) is 5.64. The molecule has 0 saturated heterocycles. The summed E-state index contributed by atoms with van der Waals surface area (Å²) in [5.41, 5.74) is -0.303. The van der Waals surface area contributed by atoms with E-state index in [1.807, 2.05) is 0 Å². The van der Waals surface area contributed by atoms with E-state index in [2.05, 4.69) is 0 Å². The number of nitro benzene ring substituents is 1. The van der Waals surface area contributed by atoms with Gasteiger partial charge in [-0.3, -0.25) is 19.7 Å². The van der Waals surface area contributed by atoms with Gasteiger partial charge in [0.05, 0.1) is 16.9 Å². The van der Waals surface area contributed by atoms with Gasteiger partial charge in [0.15, 0.2) is 5.78 Å². The summed E-state index contributed by atoms with van der Waals surface area (Å²) in [4.78, 5) is 35.5. The molecule has 6 heteroatoms. The molecule has 6 nitrogen and oxygen atoms in total. The van der Waals surface area contributed by atoms with Gasteiger partial charge in [0.1, 0.15) is 0 Å². The highest BCUT2D eigenvalue weighted by Gasteiger charge is 2.39. The van der Waals surface area contributed by atoms with Gasteiger partial charge in [-0.1, -0.05) is 42.5 Å². The van der Waals surface area contributed by atoms with Crippen molar-refractivity contribution < 1.29 is 19.2 Å². The van der Waals surface area contributed by atoms with Gasteiger partial charge < -0.3 is 4.74 Å². The number of carbonyl (C=O) groups excluding carboxylic acids is 2. The van der Waals surface area contributed by atoms with Gasteiger partial charge in [-0.2, -0.15) is 0 Å². The molecule has 0 aliphatic carbocycles. The Morgan fingerprint density at radius 2 is 1.68 bits per heavy atom. The number of rotatable bonds is 7. The smallest absolute Gasteiger partial charge is 0.316 e. The molecule has 0 aromatic heterocycles. The molecule has 0 fully saturated rings. The maximum Gasteiger partial charge on any atom is 0.316 e. The van der Waals surface area contributed by atoms with Gasteiger partial charge in [0, 0.05) is 24.1 Å². The van der Waals surface area contributed by atoms with Gasteiger partial charge in [-0.15, -0.1) is 0 Å². The zero-order valence-corrected chi connectivity index (χ0v) is 14.1. The van der Waals surface area contributed by atoms with Gasteiger partial charge in [0.25, 0.3) is 5.69 Å². The minimum atomic E-state index is -1.22. The molecular weight excluding hydrogens is 322 g/mol. The fraction of sp³-hybridized carbons (Fsp3) is 0.263. The SMILES string of the molecule is CCOC(=O)C(C)(CC(=O)c1ccccc1)c1ccc([N+](=O)[O-])cc1. The molecule has 0 amide bonds. The lowest BCUT2D eigenvalue weighted by Crippen LogP contribution is -2.37. The standard InChI is InChI=1S/C19H19NO5/c1-3-25-18(22)19(2,13-17(21)14-7-5-4-6-8-14)15-9-11-16(12-10-15)20(23)24/h4-12H,3,13H2,1-2H3. The van der Waals surface area contributed by atoms with E-state index in [0.717, 1.165) is 0 Å². The molecule has 0 N–H and O–H groups in total. The average molecular weight is 341 g/mol. The molecule has 0 saturated carbocycles. The van der Waals surface area contributed by atoms with Gasteiger partial charge in [0.2, 0.25) is 0 Å². The minimum Gasteiger partial charge on any atom is -0.465 e. The van der Waals surface area contributed by atoms with Crippen molar-refractivity contribution in [2.24, 2.45) is 0 Å².